The zero-order valence-corrected chi connectivity index (χ0v) is 10.9. The Labute approximate surface area is 115 Å². The van der Waals surface area contributed by atoms with E-state index in [9.17, 15) is 4.79 Å². The normalized spacial score (nSPS) is 18.5. The summed E-state index contributed by atoms with van der Waals surface area (Å²) in [6, 6.07) is 5.51. The van der Waals surface area contributed by atoms with Crippen molar-refractivity contribution in [3.63, 3.8) is 0 Å². The van der Waals surface area contributed by atoms with E-state index in [2.05, 4.69) is 15.4 Å². The molecule has 0 bridgehead atoms. The van der Waals surface area contributed by atoms with Gasteiger partial charge in [0, 0.05) is 6.61 Å². The maximum Gasteiger partial charge on any atom is 0.332 e. The maximum atomic E-state index is 11.6. The number of carbonyl (C=O) groups is 1. The Bertz CT molecular complexity index is 592. The number of aromatic amines is 1. The minimum atomic E-state index is -0.378. The van der Waals surface area contributed by atoms with Crippen LogP contribution in [0.25, 0.3) is 11.0 Å². The lowest BCUT2D eigenvalue weighted by molar-refractivity contribution is -0.152. The van der Waals surface area contributed by atoms with Gasteiger partial charge in [0.05, 0.1) is 12.7 Å². The Morgan fingerprint density at radius 3 is 3.15 bits per heavy atom. The molecule has 0 aliphatic carbocycles. The van der Waals surface area contributed by atoms with Crippen molar-refractivity contribution in [2.45, 2.75) is 19.1 Å². The van der Waals surface area contributed by atoms with Crippen molar-refractivity contribution < 1.29 is 19.0 Å². The van der Waals surface area contributed by atoms with E-state index in [1.165, 1.54) is 0 Å². The first kappa shape index (κ1) is 13.0. The molecule has 20 heavy (non-hydrogen) atoms. The molecule has 7 heteroatoms. The van der Waals surface area contributed by atoms with Crippen molar-refractivity contribution in [2.75, 3.05) is 19.8 Å². The molecule has 0 radical (unpaired) electrons. The van der Waals surface area contributed by atoms with Crippen molar-refractivity contribution in [3.05, 3.63) is 23.8 Å². The van der Waals surface area contributed by atoms with Crippen LogP contribution in [0.4, 0.5) is 0 Å². The maximum absolute atomic E-state index is 11.6. The minimum Gasteiger partial charge on any atom is -0.459 e. The zero-order valence-electron chi connectivity index (χ0n) is 10.9. The molecular formula is C13H15N3O4. The number of esters is 1. The SMILES string of the molecule is O=C(COC1CCOC1)OCc1ccc2n[nH]nc2c1. The van der Waals surface area contributed by atoms with Gasteiger partial charge in [0.1, 0.15) is 24.2 Å². The van der Waals surface area contributed by atoms with E-state index < -0.39 is 0 Å². The van der Waals surface area contributed by atoms with E-state index in [0.717, 1.165) is 23.0 Å². The molecular weight excluding hydrogens is 262 g/mol. The highest BCUT2D eigenvalue weighted by atomic mass is 16.6. The van der Waals surface area contributed by atoms with Crippen molar-refractivity contribution >= 4 is 17.0 Å². The summed E-state index contributed by atoms with van der Waals surface area (Å²) in [7, 11) is 0. The second kappa shape index (κ2) is 5.98. The van der Waals surface area contributed by atoms with E-state index >= 15 is 0 Å². The van der Waals surface area contributed by atoms with E-state index in [-0.39, 0.29) is 25.3 Å². The number of hydrogen-bond donors (Lipinski definition) is 1. The van der Waals surface area contributed by atoms with Crippen molar-refractivity contribution in [1.29, 1.82) is 0 Å². The number of hydrogen-bond acceptors (Lipinski definition) is 6. The predicted octanol–water partition coefficient (Wildman–Crippen LogP) is 0.807. The first-order chi connectivity index (χ1) is 9.81. The fourth-order valence-electron chi connectivity index (χ4n) is 2.01. The fourth-order valence-corrected chi connectivity index (χ4v) is 2.01. The molecule has 1 fully saturated rings. The molecule has 7 nitrogen and oxygen atoms in total. The topological polar surface area (TPSA) is 86.3 Å². The third-order valence-electron chi connectivity index (χ3n) is 3.11. The Morgan fingerprint density at radius 1 is 1.40 bits per heavy atom. The van der Waals surface area contributed by atoms with Gasteiger partial charge in [-0.3, -0.25) is 0 Å². The van der Waals surface area contributed by atoms with Gasteiger partial charge in [-0.15, -0.1) is 0 Å². The zero-order chi connectivity index (χ0) is 13.8. The van der Waals surface area contributed by atoms with Crippen LogP contribution in [-0.2, 0) is 25.6 Å². The quantitative estimate of drug-likeness (QED) is 0.814. The van der Waals surface area contributed by atoms with Gasteiger partial charge in [-0.05, 0) is 24.1 Å². The van der Waals surface area contributed by atoms with Crippen molar-refractivity contribution in [1.82, 2.24) is 15.4 Å². The Hall–Kier alpha value is -1.99. The average molecular weight is 277 g/mol. The molecule has 1 N–H and O–H groups in total. The fraction of sp³-hybridized carbons (Fsp3) is 0.462. The number of ether oxygens (including phenoxy) is 3. The molecule has 1 atom stereocenters. The first-order valence-corrected chi connectivity index (χ1v) is 6.45. The van der Waals surface area contributed by atoms with Crippen molar-refractivity contribution in [3.8, 4) is 0 Å². The summed E-state index contributed by atoms with van der Waals surface area (Å²) in [6.45, 7) is 1.40. The summed E-state index contributed by atoms with van der Waals surface area (Å²) in [5, 5.41) is 10.5. The number of rotatable bonds is 5. The minimum absolute atomic E-state index is 0.00836. The lowest BCUT2D eigenvalue weighted by Gasteiger charge is -2.09. The predicted molar refractivity (Wildman–Crippen MR) is 68.9 cm³/mol. The van der Waals surface area contributed by atoms with Gasteiger partial charge in [0.25, 0.3) is 0 Å². The van der Waals surface area contributed by atoms with Crippen LogP contribution in [0.2, 0.25) is 0 Å². The molecule has 0 saturated carbocycles. The number of aromatic nitrogens is 3. The smallest absolute Gasteiger partial charge is 0.332 e. The second-order valence-electron chi connectivity index (χ2n) is 4.60. The van der Waals surface area contributed by atoms with Gasteiger partial charge in [-0.1, -0.05) is 6.07 Å². The molecule has 1 aliphatic heterocycles. The molecule has 2 heterocycles. The van der Waals surface area contributed by atoms with Gasteiger partial charge in [0.15, 0.2) is 0 Å². The van der Waals surface area contributed by atoms with Crippen LogP contribution in [0, 0.1) is 0 Å². The van der Waals surface area contributed by atoms with Crippen molar-refractivity contribution in [2.24, 2.45) is 0 Å². The molecule has 2 aromatic rings. The lowest BCUT2D eigenvalue weighted by atomic mass is 10.2. The monoisotopic (exact) mass is 277 g/mol. The Morgan fingerprint density at radius 2 is 2.30 bits per heavy atom. The number of carbonyl (C=O) groups excluding carboxylic acids is 1. The van der Waals surface area contributed by atoms with E-state index in [4.69, 9.17) is 14.2 Å². The van der Waals surface area contributed by atoms with Gasteiger partial charge >= 0.3 is 5.97 Å². The van der Waals surface area contributed by atoms with Crippen LogP contribution in [0.3, 0.4) is 0 Å². The molecule has 1 aliphatic rings. The van der Waals surface area contributed by atoms with E-state index in [1.807, 2.05) is 18.2 Å². The van der Waals surface area contributed by atoms with Gasteiger partial charge < -0.3 is 14.2 Å². The molecule has 1 aromatic heterocycles. The highest BCUT2D eigenvalue weighted by molar-refractivity contribution is 5.74. The number of H-pyrrole nitrogens is 1. The van der Waals surface area contributed by atoms with Crippen LogP contribution >= 0.6 is 0 Å². The summed E-state index contributed by atoms with van der Waals surface area (Å²) in [4.78, 5) is 11.6. The van der Waals surface area contributed by atoms with Crippen LogP contribution in [-0.4, -0.2) is 47.3 Å². The van der Waals surface area contributed by atoms with Crippen LogP contribution < -0.4 is 0 Å². The Balaban J connectivity index is 1.46. The molecule has 1 unspecified atom stereocenters. The number of nitrogens with one attached hydrogen (secondary N) is 1. The third kappa shape index (κ3) is 3.12. The largest absolute Gasteiger partial charge is 0.459 e. The highest BCUT2D eigenvalue weighted by Gasteiger charge is 2.17. The highest BCUT2D eigenvalue weighted by Crippen LogP contribution is 2.12. The van der Waals surface area contributed by atoms with Crippen LogP contribution in [0.1, 0.15) is 12.0 Å². The second-order valence-corrected chi connectivity index (χ2v) is 4.60. The summed E-state index contributed by atoms with van der Waals surface area (Å²) < 4.78 is 15.7. The summed E-state index contributed by atoms with van der Waals surface area (Å²) in [5.74, 6) is -0.378. The Kier molecular flexibility index (Phi) is 3.89. The number of benzene rings is 1. The van der Waals surface area contributed by atoms with E-state index in [1.54, 1.807) is 0 Å². The van der Waals surface area contributed by atoms with E-state index in [0.29, 0.717) is 13.2 Å². The van der Waals surface area contributed by atoms with Gasteiger partial charge in [-0.2, -0.15) is 15.4 Å². The average Bonchev–Trinajstić information content (AvgIpc) is 3.13. The van der Waals surface area contributed by atoms with Gasteiger partial charge in [-0.25, -0.2) is 4.79 Å². The summed E-state index contributed by atoms with van der Waals surface area (Å²) in [6.07, 6.45) is 0.838. The molecule has 1 saturated heterocycles. The number of nitrogens with zero attached hydrogens (tertiary/aromatic N) is 2. The van der Waals surface area contributed by atoms with Gasteiger partial charge in [0.2, 0.25) is 0 Å². The van der Waals surface area contributed by atoms with Crippen LogP contribution in [0.15, 0.2) is 18.2 Å². The standard InChI is InChI=1S/C13H15N3O4/c17-13(8-19-10-3-4-18-7-10)20-6-9-1-2-11-12(5-9)15-16-14-11/h1-2,5,10H,3-4,6-8H2,(H,14,15,16). The van der Waals surface area contributed by atoms with Crippen LogP contribution in [0.5, 0.6) is 0 Å². The summed E-state index contributed by atoms with van der Waals surface area (Å²) in [5.41, 5.74) is 2.39. The molecule has 3 rings (SSSR count). The molecule has 0 spiro atoms. The molecule has 1 aromatic carbocycles. The third-order valence-corrected chi connectivity index (χ3v) is 3.11. The molecule has 106 valence electrons. The lowest BCUT2D eigenvalue weighted by Crippen LogP contribution is -2.20. The summed E-state index contributed by atoms with van der Waals surface area (Å²) >= 11 is 0. The number of fused-ring (bicyclic) bond motifs is 1. The first-order valence-electron chi connectivity index (χ1n) is 6.45. The molecule has 0 amide bonds.